The molecule has 0 aliphatic carbocycles. The molecule has 2 fully saturated rings. The maximum absolute atomic E-state index is 12.7. The molecule has 22 heavy (non-hydrogen) atoms. The van der Waals surface area contributed by atoms with Crippen molar-refractivity contribution in [1.82, 2.24) is 14.7 Å². The lowest BCUT2D eigenvalue weighted by Crippen LogP contribution is -2.56. The molecule has 6 heteroatoms. The number of aliphatic hydroxyl groups is 1. The van der Waals surface area contributed by atoms with Crippen molar-refractivity contribution in [2.45, 2.75) is 25.7 Å². The van der Waals surface area contributed by atoms with E-state index in [1.165, 1.54) is 0 Å². The summed E-state index contributed by atoms with van der Waals surface area (Å²) in [5, 5.41) is 9.89. The zero-order chi connectivity index (χ0) is 16.0. The monoisotopic (exact) mass is 313 g/mol. The molecule has 0 aromatic heterocycles. The Bertz CT molecular complexity index is 359. The number of hydrogen-bond donors (Lipinski definition) is 1. The molecule has 2 rings (SSSR count). The normalized spacial score (nSPS) is 27.2. The number of urea groups is 1. The number of piperidine rings is 1. The number of carbonyl (C=O) groups excluding carboxylic acids is 1. The van der Waals surface area contributed by atoms with Crippen molar-refractivity contribution >= 4 is 6.03 Å². The zero-order valence-corrected chi connectivity index (χ0v) is 14.1. The van der Waals surface area contributed by atoms with Crippen LogP contribution in [0, 0.1) is 5.41 Å². The van der Waals surface area contributed by atoms with Gasteiger partial charge in [0.15, 0.2) is 0 Å². The molecule has 0 spiro atoms. The Kier molecular flexibility index (Phi) is 6.47. The zero-order valence-electron chi connectivity index (χ0n) is 14.1. The Morgan fingerprint density at radius 3 is 2.55 bits per heavy atom. The molecule has 0 aromatic rings. The van der Waals surface area contributed by atoms with Crippen LogP contribution in [-0.4, -0.2) is 92.5 Å². The summed E-state index contributed by atoms with van der Waals surface area (Å²) in [5.41, 5.74) is -0.140. The summed E-state index contributed by atoms with van der Waals surface area (Å²) in [5.74, 6) is 0. The van der Waals surface area contributed by atoms with Crippen molar-refractivity contribution in [1.29, 1.82) is 0 Å². The summed E-state index contributed by atoms with van der Waals surface area (Å²) in [7, 11) is 3.80. The van der Waals surface area contributed by atoms with Crippen LogP contribution in [0.15, 0.2) is 0 Å². The number of hydrogen-bond acceptors (Lipinski definition) is 4. The number of ether oxygens (including phenoxy) is 1. The maximum atomic E-state index is 12.7. The number of piperazine rings is 1. The van der Waals surface area contributed by atoms with Crippen LogP contribution in [-0.2, 0) is 4.74 Å². The van der Waals surface area contributed by atoms with E-state index in [4.69, 9.17) is 4.74 Å². The lowest BCUT2D eigenvalue weighted by molar-refractivity contribution is 0.0228. The van der Waals surface area contributed by atoms with Gasteiger partial charge in [0.1, 0.15) is 0 Å². The minimum absolute atomic E-state index is 0.140. The van der Waals surface area contributed by atoms with Crippen LogP contribution in [0.5, 0.6) is 0 Å². The maximum Gasteiger partial charge on any atom is 0.320 e. The fourth-order valence-corrected chi connectivity index (χ4v) is 3.57. The lowest BCUT2D eigenvalue weighted by atomic mass is 9.77. The highest BCUT2D eigenvalue weighted by Gasteiger charge is 2.37. The van der Waals surface area contributed by atoms with E-state index in [9.17, 15) is 9.90 Å². The predicted molar refractivity (Wildman–Crippen MR) is 85.9 cm³/mol. The molecule has 128 valence electrons. The van der Waals surface area contributed by atoms with Crippen LogP contribution in [0.1, 0.15) is 25.7 Å². The van der Waals surface area contributed by atoms with Crippen LogP contribution >= 0.6 is 0 Å². The van der Waals surface area contributed by atoms with Gasteiger partial charge in [-0.05, 0) is 32.7 Å². The van der Waals surface area contributed by atoms with Gasteiger partial charge in [0, 0.05) is 58.4 Å². The van der Waals surface area contributed by atoms with Gasteiger partial charge in [-0.1, -0.05) is 0 Å². The predicted octanol–water partition coefficient (Wildman–Crippen LogP) is 0.855. The molecule has 2 aliphatic rings. The van der Waals surface area contributed by atoms with Crippen LogP contribution in [0.25, 0.3) is 0 Å². The average molecular weight is 313 g/mol. The molecule has 0 saturated carbocycles. The van der Waals surface area contributed by atoms with Crippen molar-refractivity contribution in [3.05, 3.63) is 0 Å². The third-order valence-electron chi connectivity index (χ3n) is 5.10. The van der Waals surface area contributed by atoms with Gasteiger partial charge in [-0.15, -0.1) is 0 Å². The Labute approximate surface area is 134 Å². The van der Waals surface area contributed by atoms with Crippen LogP contribution in [0.4, 0.5) is 4.79 Å². The molecular weight excluding hydrogens is 282 g/mol. The number of methoxy groups -OCH3 is 1. The minimum Gasteiger partial charge on any atom is -0.396 e. The number of rotatable bonds is 5. The molecule has 2 saturated heterocycles. The first kappa shape index (κ1) is 17.5. The first-order chi connectivity index (χ1) is 10.6. The van der Waals surface area contributed by atoms with Gasteiger partial charge in [0.2, 0.25) is 0 Å². The minimum atomic E-state index is -0.140. The summed E-state index contributed by atoms with van der Waals surface area (Å²) in [6, 6.07) is 0.150. The second-order valence-electron chi connectivity index (χ2n) is 6.85. The van der Waals surface area contributed by atoms with E-state index in [-0.39, 0.29) is 18.1 Å². The van der Waals surface area contributed by atoms with Crippen LogP contribution in [0.3, 0.4) is 0 Å². The fourth-order valence-electron chi connectivity index (χ4n) is 3.57. The van der Waals surface area contributed by atoms with Gasteiger partial charge in [-0.2, -0.15) is 0 Å². The van der Waals surface area contributed by atoms with Gasteiger partial charge in [0.25, 0.3) is 0 Å². The van der Waals surface area contributed by atoms with Gasteiger partial charge in [0.05, 0.1) is 6.61 Å². The van der Waals surface area contributed by atoms with Crippen molar-refractivity contribution in [3.8, 4) is 0 Å². The van der Waals surface area contributed by atoms with Crippen LogP contribution < -0.4 is 0 Å². The summed E-state index contributed by atoms with van der Waals surface area (Å²) in [6.07, 6.45) is 3.84. The van der Waals surface area contributed by atoms with Crippen molar-refractivity contribution in [2.24, 2.45) is 5.41 Å². The number of likely N-dealkylation sites (tertiary alicyclic amines) is 1. The highest BCUT2D eigenvalue weighted by molar-refractivity contribution is 5.74. The van der Waals surface area contributed by atoms with Crippen molar-refractivity contribution < 1.29 is 14.6 Å². The fraction of sp³-hybridized carbons (Fsp3) is 0.938. The lowest BCUT2D eigenvalue weighted by Gasteiger charge is -2.44. The number of likely N-dealkylation sites (N-methyl/N-ethyl adjacent to an activating group) is 1. The second kappa shape index (κ2) is 8.13. The Hall–Kier alpha value is -0.850. The van der Waals surface area contributed by atoms with E-state index in [0.717, 1.165) is 58.4 Å². The molecule has 0 bridgehead atoms. The quantitative estimate of drug-likeness (QED) is 0.765. The summed E-state index contributed by atoms with van der Waals surface area (Å²) >= 11 is 0. The van der Waals surface area contributed by atoms with E-state index in [0.29, 0.717) is 13.2 Å². The van der Waals surface area contributed by atoms with Crippen molar-refractivity contribution in [2.75, 3.05) is 66.6 Å². The van der Waals surface area contributed by atoms with E-state index < -0.39 is 0 Å². The van der Waals surface area contributed by atoms with Crippen LogP contribution in [0.2, 0.25) is 0 Å². The highest BCUT2D eigenvalue weighted by Crippen LogP contribution is 2.34. The topological polar surface area (TPSA) is 56.3 Å². The Balaban J connectivity index is 1.92. The standard InChI is InChI=1S/C16H31N3O3/c1-17-8-10-18(11-9-17)15(21)19-7-3-5-16(13-19,14-20)6-4-12-22-2/h20H,3-14H2,1-2H3/t16-/m1/s1. The molecule has 6 nitrogen and oxygen atoms in total. The molecule has 0 unspecified atom stereocenters. The van der Waals surface area contributed by atoms with E-state index in [1.807, 2.05) is 9.80 Å². The first-order valence-electron chi connectivity index (χ1n) is 8.42. The molecule has 0 aromatic carbocycles. The summed E-state index contributed by atoms with van der Waals surface area (Å²) in [6.45, 7) is 5.87. The first-order valence-corrected chi connectivity index (χ1v) is 8.42. The van der Waals surface area contributed by atoms with Crippen molar-refractivity contribution in [3.63, 3.8) is 0 Å². The average Bonchev–Trinajstić information content (AvgIpc) is 2.55. The summed E-state index contributed by atoms with van der Waals surface area (Å²) < 4.78 is 5.13. The number of nitrogens with zero attached hydrogens (tertiary/aromatic N) is 3. The molecule has 0 radical (unpaired) electrons. The smallest absolute Gasteiger partial charge is 0.320 e. The molecule has 2 aliphatic heterocycles. The third kappa shape index (κ3) is 4.33. The summed E-state index contributed by atoms with van der Waals surface area (Å²) in [4.78, 5) is 18.9. The number of aliphatic hydroxyl groups excluding tert-OH is 1. The number of amides is 2. The molecule has 2 heterocycles. The molecule has 1 atom stereocenters. The SMILES string of the molecule is COCCC[C@]1(CO)CCCN(C(=O)N2CCN(C)CC2)C1. The van der Waals surface area contributed by atoms with E-state index in [2.05, 4.69) is 11.9 Å². The van der Waals surface area contributed by atoms with Gasteiger partial charge in [-0.25, -0.2) is 4.79 Å². The number of carbonyl (C=O) groups is 1. The van der Waals surface area contributed by atoms with Gasteiger partial charge >= 0.3 is 6.03 Å². The van der Waals surface area contributed by atoms with E-state index in [1.54, 1.807) is 7.11 Å². The van der Waals surface area contributed by atoms with Gasteiger partial charge < -0.3 is 24.5 Å². The molecular formula is C16H31N3O3. The van der Waals surface area contributed by atoms with Gasteiger partial charge in [-0.3, -0.25) is 0 Å². The highest BCUT2D eigenvalue weighted by atomic mass is 16.5. The Morgan fingerprint density at radius 1 is 1.18 bits per heavy atom. The Morgan fingerprint density at radius 2 is 1.91 bits per heavy atom. The second-order valence-corrected chi connectivity index (χ2v) is 6.85. The van der Waals surface area contributed by atoms with E-state index >= 15 is 0 Å². The largest absolute Gasteiger partial charge is 0.396 e. The third-order valence-corrected chi connectivity index (χ3v) is 5.10. The molecule has 2 amide bonds. The molecule has 1 N–H and O–H groups in total.